The molecule has 1 aliphatic rings. The van der Waals surface area contributed by atoms with Gasteiger partial charge in [-0.15, -0.1) is 0 Å². The Hall–Kier alpha value is -2.81. The quantitative estimate of drug-likeness (QED) is 0.828. The molecular weight excluding hydrogens is 358 g/mol. The number of aromatic amines is 1. The Morgan fingerprint density at radius 2 is 2.07 bits per heavy atom. The van der Waals surface area contributed by atoms with E-state index in [4.69, 9.17) is 4.74 Å². The average Bonchev–Trinajstić information content (AvgIpc) is 2.64. The van der Waals surface area contributed by atoms with Crippen molar-refractivity contribution >= 4 is 17.5 Å². The van der Waals surface area contributed by atoms with Crippen molar-refractivity contribution in [1.29, 1.82) is 0 Å². The van der Waals surface area contributed by atoms with Gasteiger partial charge in [0.15, 0.2) is 0 Å². The molecule has 0 spiro atoms. The van der Waals surface area contributed by atoms with E-state index in [0.29, 0.717) is 43.5 Å². The van der Waals surface area contributed by atoms with Crippen molar-refractivity contribution in [3.63, 3.8) is 0 Å². The van der Waals surface area contributed by atoms with E-state index in [1.54, 1.807) is 6.92 Å². The molecule has 0 unspecified atom stereocenters. The first kappa shape index (κ1) is 19.0. The second-order valence-electron chi connectivity index (χ2n) is 6.23. The molecule has 1 amide bonds. The predicted molar refractivity (Wildman–Crippen MR) is 95.9 cm³/mol. The Morgan fingerprint density at radius 3 is 2.78 bits per heavy atom. The van der Waals surface area contributed by atoms with Gasteiger partial charge in [0.1, 0.15) is 11.6 Å². The number of carbonyl (C=O) groups is 1. The number of ether oxygens (including phenoxy) is 1. The zero-order valence-electron chi connectivity index (χ0n) is 14.8. The summed E-state index contributed by atoms with van der Waals surface area (Å²) >= 11 is 0. The van der Waals surface area contributed by atoms with Crippen LogP contribution >= 0.6 is 0 Å². The van der Waals surface area contributed by atoms with Crippen LogP contribution in [0.4, 0.5) is 20.4 Å². The summed E-state index contributed by atoms with van der Waals surface area (Å²) < 4.78 is 32.0. The van der Waals surface area contributed by atoms with Gasteiger partial charge in [0.2, 0.25) is 11.9 Å². The molecule has 0 bridgehead atoms. The highest BCUT2D eigenvalue weighted by molar-refractivity contribution is 5.90. The van der Waals surface area contributed by atoms with Crippen LogP contribution in [-0.2, 0) is 16.0 Å². The number of benzene rings is 1. The number of hydrogen-bond donors (Lipinski definition) is 2. The second kappa shape index (κ2) is 8.26. The Morgan fingerprint density at radius 1 is 1.33 bits per heavy atom. The number of aromatic nitrogens is 2. The molecule has 7 nitrogen and oxygen atoms in total. The summed E-state index contributed by atoms with van der Waals surface area (Å²) in [6.07, 6.45) is 0.0821. The van der Waals surface area contributed by atoms with Crippen molar-refractivity contribution in [2.75, 3.05) is 36.5 Å². The number of nitrogens with zero attached hydrogens (tertiary/aromatic N) is 2. The van der Waals surface area contributed by atoms with Gasteiger partial charge in [-0.05, 0) is 25.5 Å². The molecule has 1 aliphatic heterocycles. The van der Waals surface area contributed by atoms with Gasteiger partial charge in [-0.25, -0.2) is 13.8 Å². The summed E-state index contributed by atoms with van der Waals surface area (Å²) in [7, 11) is 0. The number of nitrogens with one attached hydrogen (secondary N) is 2. The maximum absolute atomic E-state index is 13.6. The molecule has 0 radical (unpaired) electrons. The first-order valence-electron chi connectivity index (χ1n) is 8.61. The van der Waals surface area contributed by atoms with E-state index in [0.717, 1.165) is 18.2 Å². The highest BCUT2D eigenvalue weighted by atomic mass is 19.1. The zero-order chi connectivity index (χ0) is 19.4. The lowest BCUT2D eigenvalue weighted by Gasteiger charge is -2.27. The van der Waals surface area contributed by atoms with Gasteiger partial charge in [0, 0.05) is 36.8 Å². The third-order valence-electron chi connectivity index (χ3n) is 4.32. The lowest BCUT2D eigenvalue weighted by molar-refractivity contribution is -0.116. The minimum absolute atomic E-state index is 0.0571. The molecule has 1 saturated heterocycles. The van der Waals surface area contributed by atoms with Crippen LogP contribution in [0.2, 0.25) is 0 Å². The van der Waals surface area contributed by atoms with E-state index in [2.05, 4.69) is 15.3 Å². The molecule has 2 N–H and O–H groups in total. The number of H-pyrrole nitrogens is 1. The van der Waals surface area contributed by atoms with Crippen molar-refractivity contribution in [1.82, 2.24) is 9.97 Å². The fourth-order valence-electron chi connectivity index (χ4n) is 2.86. The SMILES string of the molecule is Cc1nc(N2CCOCC2)[nH]c(=O)c1CCC(=O)Nc1cc(F)ccc1F. The highest BCUT2D eigenvalue weighted by Crippen LogP contribution is 2.16. The van der Waals surface area contributed by atoms with E-state index in [9.17, 15) is 18.4 Å². The Bertz CT molecular complexity index is 895. The Balaban J connectivity index is 1.66. The number of morpholine rings is 1. The molecule has 0 saturated carbocycles. The van der Waals surface area contributed by atoms with Crippen molar-refractivity contribution in [3.8, 4) is 0 Å². The number of amides is 1. The number of rotatable bonds is 5. The molecule has 9 heteroatoms. The van der Waals surface area contributed by atoms with Crippen LogP contribution in [0.25, 0.3) is 0 Å². The maximum atomic E-state index is 13.6. The molecule has 0 aliphatic carbocycles. The standard InChI is InChI=1S/C18H20F2N4O3/c1-11-13(17(26)23-18(21-11)24-6-8-27-9-7-24)3-5-16(25)22-15-10-12(19)2-4-14(15)20/h2,4,10H,3,5-9H2,1H3,(H,22,25)(H,21,23,26). The van der Waals surface area contributed by atoms with Crippen LogP contribution in [0.3, 0.4) is 0 Å². The molecule has 2 heterocycles. The van der Waals surface area contributed by atoms with E-state index in [-0.39, 0.29) is 24.1 Å². The van der Waals surface area contributed by atoms with Crippen molar-refractivity contribution in [2.24, 2.45) is 0 Å². The van der Waals surface area contributed by atoms with E-state index in [1.165, 1.54) is 0 Å². The number of aryl methyl sites for hydroxylation is 1. The number of halogens is 2. The number of anilines is 2. The summed E-state index contributed by atoms with van der Waals surface area (Å²) in [6, 6.07) is 2.81. The van der Waals surface area contributed by atoms with Gasteiger partial charge in [0.25, 0.3) is 5.56 Å². The van der Waals surface area contributed by atoms with Crippen molar-refractivity contribution < 1.29 is 18.3 Å². The minimum Gasteiger partial charge on any atom is -0.378 e. The third-order valence-corrected chi connectivity index (χ3v) is 4.32. The lowest BCUT2D eigenvalue weighted by atomic mass is 10.1. The van der Waals surface area contributed by atoms with E-state index in [1.807, 2.05) is 4.90 Å². The van der Waals surface area contributed by atoms with Crippen LogP contribution in [-0.4, -0.2) is 42.2 Å². The van der Waals surface area contributed by atoms with Gasteiger partial charge >= 0.3 is 0 Å². The fraction of sp³-hybridized carbons (Fsp3) is 0.389. The summed E-state index contributed by atoms with van der Waals surface area (Å²) in [5.74, 6) is -1.41. The van der Waals surface area contributed by atoms with Gasteiger partial charge in [0.05, 0.1) is 18.9 Å². The highest BCUT2D eigenvalue weighted by Gasteiger charge is 2.17. The summed E-state index contributed by atoms with van der Waals surface area (Å²) in [5, 5.41) is 2.31. The van der Waals surface area contributed by atoms with Crippen LogP contribution in [0.1, 0.15) is 17.7 Å². The molecule has 3 rings (SSSR count). The van der Waals surface area contributed by atoms with Crippen LogP contribution < -0.4 is 15.8 Å². The van der Waals surface area contributed by atoms with Gasteiger partial charge in [-0.1, -0.05) is 0 Å². The number of hydrogen-bond acceptors (Lipinski definition) is 5. The minimum atomic E-state index is -0.727. The lowest BCUT2D eigenvalue weighted by Crippen LogP contribution is -2.38. The largest absolute Gasteiger partial charge is 0.378 e. The zero-order valence-corrected chi connectivity index (χ0v) is 14.8. The smallest absolute Gasteiger partial charge is 0.255 e. The average molecular weight is 378 g/mol. The van der Waals surface area contributed by atoms with Gasteiger partial charge in [-0.3, -0.25) is 14.6 Å². The fourth-order valence-corrected chi connectivity index (χ4v) is 2.86. The van der Waals surface area contributed by atoms with E-state index < -0.39 is 17.5 Å². The van der Waals surface area contributed by atoms with Crippen molar-refractivity contribution in [3.05, 3.63) is 51.4 Å². The van der Waals surface area contributed by atoms with E-state index >= 15 is 0 Å². The Labute approximate surface area is 154 Å². The molecule has 1 aromatic carbocycles. The monoisotopic (exact) mass is 378 g/mol. The Kier molecular flexibility index (Phi) is 5.80. The molecular formula is C18H20F2N4O3. The summed E-state index contributed by atoms with van der Waals surface area (Å²) in [4.78, 5) is 33.5. The maximum Gasteiger partial charge on any atom is 0.255 e. The van der Waals surface area contributed by atoms with Gasteiger partial charge in [-0.2, -0.15) is 0 Å². The van der Waals surface area contributed by atoms with Gasteiger partial charge < -0.3 is 15.0 Å². The molecule has 0 atom stereocenters. The molecule has 2 aromatic rings. The van der Waals surface area contributed by atoms with Crippen molar-refractivity contribution in [2.45, 2.75) is 19.8 Å². The third kappa shape index (κ3) is 4.68. The van der Waals surface area contributed by atoms with Crippen LogP contribution in [0, 0.1) is 18.6 Å². The van der Waals surface area contributed by atoms with Crippen LogP contribution in [0.5, 0.6) is 0 Å². The number of carbonyl (C=O) groups excluding carboxylic acids is 1. The first-order valence-corrected chi connectivity index (χ1v) is 8.61. The van der Waals surface area contributed by atoms with Crippen LogP contribution in [0.15, 0.2) is 23.0 Å². The summed E-state index contributed by atoms with van der Waals surface area (Å²) in [6.45, 7) is 4.13. The second-order valence-corrected chi connectivity index (χ2v) is 6.23. The molecule has 144 valence electrons. The predicted octanol–water partition coefficient (Wildman–Crippen LogP) is 1.76. The molecule has 1 aromatic heterocycles. The summed E-state index contributed by atoms with van der Waals surface area (Å²) in [5.41, 5.74) is 0.381. The molecule has 27 heavy (non-hydrogen) atoms. The topological polar surface area (TPSA) is 87.3 Å². The first-order chi connectivity index (χ1) is 12.9. The molecule has 1 fully saturated rings. The normalized spacial score (nSPS) is 14.3.